The van der Waals surface area contributed by atoms with E-state index < -0.39 is 11.7 Å². The number of aryl methyl sites for hydroxylation is 1. The van der Waals surface area contributed by atoms with E-state index in [2.05, 4.69) is 0 Å². The summed E-state index contributed by atoms with van der Waals surface area (Å²) in [5.41, 5.74) is -0.0151. The van der Waals surface area contributed by atoms with Crippen LogP contribution in [0.3, 0.4) is 0 Å². The van der Waals surface area contributed by atoms with Crippen molar-refractivity contribution in [3.05, 3.63) is 35.4 Å². The van der Waals surface area contributed by atoms with Crippen molar-refractivity contribution in [3.63, 3.8) is 0 Å². The number of aliphatic hydroxyl groups is 1. The highest BCUT2D eigenvalue weighted by Crippen LogP contribution is 2.29. The molecule has 1 N–H and O–H groups in total. The Morgan fingerprint density at radius 2 is 1.84 bits per heavy atom. The molecule has 0 atom stereocenters. The van der Waals surface area contributed by atoms with Crippen molar-refractivity contribution in [3.8, 4) is 0 Å². The number of hydrogen-bond acceptors (Lipinski definition) is 2. The van der Waals surface area contributed by atoms with Crippen LogP contribution in [0.15, 0.2) is 24.3 Å². The van der Waals surface area contributed by atoms with Crippen LogP contribution in [0.25, 0.3) is 0 Å². The summed E-state index contributed by atoms with van der Waals surface area (Å²) in [6.07, 6.45) is -3.75. The van der Waals surface area contributed by atoms with Gasteiger partial charge in [-0.1, -0.05) is 12.1 Å². The minimum absolute atomic E-state index is 0.109. The zero-order chi connectivity index (χ0) is 14.5. The molecular formula is C13H16F3NO2. The first-order valence-electron chi connectivity index (χ1n) is 5.85. The largest absolute Gasteiger partial charge is 0.416 e. The van der Waals surface area contributed by atoms with Crippen LogP contribution < -0.4 is 0 Å². The Balaban J connectivity index is 2.53. The molecule has 0 unspecified atom stereocenters. The van der Waals surface area contributed by atoms with Gasteiger partial charge in [0.2, 0.25) is 5.91 Å². The maximum Gasteiger partial charge on any atom is 0.416 e. The molecule has 0 spiro atoms. The van der Waals surface area contributed by atoms with Gasteiger partial charge in [-0.15, -0.1) is 0 Å². The summed E-state index contributed by atoms with van der Waals surface area (Å²) in [6, 6.07) is 4.78. The molecule has 0 aromatic heterocycles. The van der Waals surface area contributed by atoms with E-state index >= 15 is 0 Å². The fraction of sp³-hybridized carbons (Fsp3) is 0.462. The Morgan fingerprint density at radius 1 is 1.26 bits per heavy atom. The molecule has 1 rings (SSSR count). The zero-order valence-electron chi connectivity index (χ0n) is 10.6. The third-order valence-corrected chi connectivity index (χ3v) is 2.77. The van der Waals surface area contributed by atoms with E-state index in [0.717, 1.165) is 12.1 Å². The molecule has 0 fully saturated rings. The Bertz CT molecular complexity index is 415. The molecule has 3 nitrogen and oxygen atoms in total. The summed E-state index contributed by atoms with van der Waals surface area (Å²) < 4.78 is 37.0. The van der Waals surface area contributed by atoms with Gasteiger partial charge in [0.15, 0.2) is 0 Å². The first-order valence-corrected chi connectivity index (χ1v) is 5.85. The Labute approximate surface area is 109 Å². The van der Waals surface area contributed by atoms with Crippen molar-refractivity contribution in [1.82, 2.24) is 4.90 Å². The van der Waals surface area contributed by atoms with Crippen LogP contribution in [0.1, 0.15) is 17.5 Å². The Hall–Kier alpha value is -1.56. The minimum atomic E-state index is -4.34. The van der Waals surface area contributed by atoms with Crippen LogP contribution in [0.4, 0.5) is 13.2 Å². The van der Waals surface area contributed by atoms with Crippen molar-refractivity contribution in [2.45, 2.75) is 19.0 Å². The lowest BCUT2D eigenvalue weighted by molar-refractivity contribution is -0.137. The predicted octanol–water partition coefficient (Wildman–Crippen LogP) is 2.09. The molecule has 0 heterocycles. The second kappa shape index (κ2) is 6.56. The van der Waals surface area contributed by atoms with Crippen LogP contribution in [-0.4, -0.2) is 36.1 Å². The van der Waals surface area contributed by atoms with Gasteiger partial charge in [0.1, 0.15) is 0 Å². The van der Waals surface area contributed by atoms with Crippen molar-refractivity contribution in [2.75, 3.05) is 20.2 Å². The maximum atomic E-state index is 12.3. The highest BCUT2D eigenvalue weighted by atomic mass is 19.4. The molecule has 0 bridgehead atoms. The zero-order valence-corrected chi connectivity index (χ0v) is 10.6. The molecule has 106 valence electrons. The van der Waals surface area contributed by atoms with E-state index in [9.17, 15) is 18.0 Å². The van der Waals surface area contributed by atoms with Gasteiger partial charge in [-0.3, -0.25) is 4.79 Å². The number of amides is 1. The number of aliphatic hydroxyl groups excluding tert-OH is 1. The molecule has 0 aliphatic carbocycles. The van der Waals surface area contributed by atoms with Crippen LogP contribution in [0, 0.1) is 0 Å². The molecule has 19 heavy (non-hydrogen) atoms. The van der Waals surface area contributed by atoms with Crippen LogP contribution >= 0.6 is 0 Å². The average Bonchev–Trinajstić information content (AvgIpc) is 2.35. The number of likely N-dealkylation sites (N-methyl/N-ethyl adjacent to an activating group) is 1. The third-order valence-electron chi connectivity index (χ3n) is 2.77. The van der Waals surface area contributed by atoms with E-state index in [1.54, 1.807) is 7.05 Å². The molecule has 0 aliphatic rings. The number of carbonyl (C=O) groups is 1. The maximum absolute atomic E-state index is 12.3. The van der Waals surface area contributed by atoms with Gasteiger partial charge in [0, 0.05) is 20.0 Å². The number of nitrogens with zero attached hydrogens (tertiary/aromatic N) is 1. The normalized spacial score (nSPS) is 11.4. The summed E-state index contributed by atoms with van der Waals surface area (Å²) in [6.45, 7) is 0.147. The van der Waals surface area contributed by atoms with E-state index in [1.165, 1.54) is 17.0 Å². The standard InChI is InChI=1S/C13H16F3NO2/c1-17(8-9-18)12(19)7-4-10-2-5-11(6-3-10)13(14,15)16/h2-3,5-6,18H,4,7-9H2,1H3. The summed E-state index contributed by atoms with van der Waals surface area (Å²) >= 11 is 0. The van der Waals surface area contributed by atoms with Gasteiger partial charge in [-0.05, 0) is 24.1 Å². The lowest BCUT2D eigenvalue weighted by atomic mass is 10.1. The molecule has 0 saturated carbocycles. The fourth-order valence-electron chi connectivity index (χ4n) is 1.58. The molecule has 1 amide bonds. The summed E-state index contributed by atoms with van der Waals surface area (Å²) in [4.78, 5) is 13.0. The smallest absolute Gasteiger partial charge is 0.395 e. The predicted molar refractivity (Wildman–Crippen MR) is 64.5 cm³/mol. The third kappa shape index (κ3) is 4.90. The second-order valence-corrected chi connectivity index (χ2v) is 4.23. The minimum Gasteiger partial charge on any atom is -0.395 e. The van der Waals surface area contributed by atoms with Gasteiger partial charge >= 0.3 is 6.18 Å². The van der Waals surface area contributed by atoms with E-state index in [0.29, 0.717) is 12.0 Å². The van der Waals surface area contributed by atoms with Crippen molar-refractivity contribution >= 4 is 5.91 Å². The van der Waals surface area contributed by atoms with E-state index in [1.807, 2.05) is 0 Å². The van der Waals surface area contributed by atoms with Gasteiger partial charge in [0.25, 0.3) is 0 Å². The van der Waals surface area contributed by atoms with Crippen LogP contribution in [0.5, 0.6) is 0 Å². The van der Waals surface area contributed by atoms with Crippen molar-refractivity contribution in [1.29, 1.82) is 0 Å². The van der Waals surface area contributed by atoms with E-state index in [-0.39, 0.29) is 25.5 Å². The first kappa shape index (κ1) is 15.5. The number of alkyl halides is 3. The molecule has 6 heteroatoms. The Kier molecular flexibility index (Phi) is 5.35. The van der Waals surface area contributed by atoms with Crippen LogP contribution in [0.2, 0.25) is 0 Å². The lowest BCUT2D eigenvalue weighted by Crippen LogP contribution is -2.29. The highest BCUT2D eigenvalue weighted by molar-refractivity contribution is 5.76. The summed E-state index contributed by atoms with van der Waals surface area (Å²) in [5, 5.41) is 8.68. The SMILES string of the molecule is CN(CCO)C(=O)CCc1ccc(C(F)(F)F)cc1. The first-order chi connectivity index (χ1) is 8.84. The van der Waals surface area contributed by atoms with Crippen molar-refractivity contribution < 1.29 is 23.1 Å². The fourth-order valence-corrected chi connectivity index (χ4v) is 1.58. The molecule has 0 aliphatic heterocycles. The highest BCUT2D eigenvalue weighted by Gasteiger charge is 2.29. The number of benzene rings is 1. The number of carbonyl (C=O) groups excluding carboxylic acids is 1. The van der Waals surface area contributed by atoms with Gasteiger partial charge in [-0.2, -0.15) is 13.2 Å². The number of halogens is 3. The molecule has 1 aromatic carbocycles. The Morgan fingerprint density at radius 3 is 2.32 bits per heavy atom. The lowest BCUT2D eigenvalue weighted by Gasteiger charge is -2.15. The molecule has 1 aromatic rings. The molecule has 0 radical (unpaired) electrons. The summed E-state index contributed by atoms with van der Waals surface area (Å²) in [7, 11) is 1.57. The van der Waals surface area contributed by atoms with Crippen LogP contribution in [-0.2, 0) is 17.4 Å². The quantitative estimate of drug-likeness (QED) is 0.894. The monoisotopic (exact) mass is 275 g/mol. The summed E-state index contributed by atoms with van der Waals surface area (Å²) in [5.74, 6) is -0.144. The number of rotatable bonds is 5. The van der Waals surface area contributed by atoms with Gasteiger partial charge in [-0.25, -0.2) is 0 Å². The molecular weight excluding hydrogens is 259 g/mol. The average molecular weight is 275 g/mol. The van der Waals surface area contributed by atoms with Gasteiger partial charge < -0.3 is 10.0 Å². The topological polar surface area (TPSA) is 40.5 Å². The van der Waals surface area contributed by atoms with E-state index in [4.69, 9.17) is 5.11 Å². The van der Waals surface area contributed by atoms with Gasteiger partial charge in [0.05, 0.1) is 12.2 Å². The number of hydrogen-bond donors (Lipinski definition) is 1. The van der Waals surface area contributed by atoms with Crippen molar-refractivity contribution in [2.24, 2.45) is 0 Å². The second-order valence-electron chi connectivity index (χ2n) is 4.23. The molecule has 0 saturated heterocycles.